The average molecular weight is 381 g/mol. The highest BCUT2D eigenvalue weighted by molar-refractivity contribution is 6.00. The first-order chi connectivity index (χ1) is 13.3. The lowest BCUT2D eigenvalue weighted by atomic mass is 9.67. The van der Waals surface area contributed by atoms with Gasteiger partial charge in [-0.05, 0) is 61.5 Å². The molecule has 0 heterocycles. The molecule has 1 fully saturated rings. The molecule has 1 aromatic rings. The van der Waals surface area contributed by atoms with E-state index < -0.39 is 5.41 Å². The van der Waals surface area contributed by atoms with Crippen molar-refractivity contribution < 1.29 is 4.79 Å². The predicted molar refractivity (Wildman–Crippen MR) is 122 cm³/mol. The highest BCUT2D eigenvalue weighted by Gasteiger charge is 2.36. The van der Waals surface area contributed by atoms with E-state index in [1.165, 1.54) is 30.9 Å². The third-order valence-electron chi connectivity index (χ3n) is 6.82. The summed E-state index contributed by atoms with van der Waals surface area (Å²) in [6.07, 6.45) is 13.0. The number of carbonyl (C=O) groups excluding carboxylic acids is 1. The Hall–Kier alpha value is -1.63. The standard InChI is InChI=1S/C27H40O/c1-7-9-17-27(26(28)8-2,24-13-10-21(5)11-14-24)18-16-23-19-22(6)12-15-25(23)20(3)4/h8,10-11,13-14,16,18,20,22-23,25H,2,7,9,12,15,17,19H2,1,3-6H3/b18-16+/t22-,23-,25+,27+/m1/s1. The summed E-state index contributed by atoms with van der Waals surface area (Å²) in [6, 6.07) is 8.53. The summed E-state index contributed by atoms with van der Waals surface area (Å²) in [6.45, 7) is 15.2. The molecule has 1 aromatic carbocycles. The molecule has 1 nitrogen and oxygen atoms in total. The molecule has 0 radical (unpaired) electrons. The fourth-order valence-electron chi connectivity index (χ4n) is 4.95. The second-order valence-corrected chi connectivity index (χ2v) is 9.36. The summed E-state index contributed by atoms with van der Waals surface area (Å²) in [5.41, 5.74) is 1.76. The minimum Gasteiger partial charge on any atom is -0.294 e. The summed E-state index contributed by atoms with van der Waals surface area (Å²) in [5.74, 6) is 2.86. The van der Waals surface area contributed by atoms with Gasteiger partial charge in [-0.2, -0.15) is 0 Å². The van der Waals surface area contributed by atoms with E-state index >= 15 is 0 Å². The van der Waals surface area contributed by atoms with Crippen LogP contribution in [0.3, 0.4) is 0 Å². The van der Waals surface area contributed by atoms with Crippen molar-refractivity contribution in [3.05, 3.63) is 60.2 Å². The van der Waals surface area contributed by atoms with Gasteiger partial charge in [-0.3, -0.25) is 4.79 Å². The molecule has 0 unspecified atom stereocenters. The minimum atomic E-state index is -0.576. The van der Waals surface area contributed by atoms with E-state index in [4.69, 9.17) is 0 Å². The molecular weight excluding hydrogens is 340 g/mol. The number of unbranched alkanes of at least 4 members (excludes halogenated alkanes) is 1. The van der Waals surface area contributed by atoms with Crippen LogP contribution < -0.4 is 0 Å². The lowest BCUT2D eigenvalue weighted by molar-refractivity contribution is -0.118. The summed E-state index contributed by atoms with van der Waals surface area (Å²) in [4.78, 5) is 13.2. The van der Waals surface area contributed by atoms with Crippen LogP contribution in [0.25, 0.3) is 0 Å². The number of ketones is 1. The van der Waals surface area contributed by atoms with Crippen LogP contribution >= 0.6 is 0 Å². The van der Waals surface area contributed by atoms with Gasteiger partial charge in [0.05, 0.1) is 5.41 Å². The average Bonchev–Trinajstić information content (AvgIpc) is 2.68. The molecule has 0 N–H and O–H groups in total. The second-order valence-electron chi connectivity index (χ2n) is 9.36. The van der Waals surface area contributed by atoms with Gasteiger partial charge in [0.2, 0.25) is 0 Å². The number of carbonyl (C=O) groups is 1. The first kappa shape index (κ1) is 22.7. The largest absolute Gasteiger partial charge is 0.294 e. The smallest absolute Gasteiger partial charge is 0.169 e. The molecule has 0 aliphatic heterocycles. The zero-order chi connectivity index (χ0) is 20.7. The van der Waals surface area contributed by atoms with E-state index in [0.717, 1.165) is 30.7 Å². The van der Waals surface area contributed by atoms with Gasteiger partial charge in [0.1, 0.15) is 0 Å². The van der Waals surface area contributed by atoms with Crippen molar-refractivity contribution in [2.45, 2.75) is 78.6 Å². The van der Waals surface area contributed by atoms with E-state index in [1.807, 2.05) is 0 Å². The van der Waals surface area contributed by atoms with Gasteiger partial charge in [0, 0.05) is 0 Å². The Morgan fingerprint density at radius 2 is 1.93 bits per heavy atom. The zero-order valence-electron chi connectivity index (χ0n) is 18.7. The monoisotopic (exact) mass is 380 g/mol. The van der Waals surface area contributed by atoms with Crippen molar-refractivity contribution in [2.75, 3.05) is 0 Å². The number of hydrogen-bond acceptors (Lipinski definition) is 1. The third kappa shape index (κ3) is 5.25. The van der Waals surface area contributed by atoms with Crippen LogP contribution in [0.15, 0.2) is 49.1 Å². The molecular formula is C27H40O. The number of benzene rings is 1. The molecule has 0 bridgehead atoms. The van der Waals surface area contributed by atoms with Crippen LogP contribution in [0.4, 0.5) is 0 Å². The first-order valence-electron chi connectivity index (χ1n) is 11.3. The summed E-state index contributed by atoms with van der Waals surface area (Å²) < 4.78 is 0. The Morgan fingerprint density at radius 3 is 2.50 bits per heavy atom. The summed E-state index contributed by atoms with van der Waals surface area (Å²) >= 11 is 0. The number of hydrogen-bond donors (Lipinski definition) is 0. The van der Waals surface area contributed by atoms with Crippen molar-refractivity contribution >= 4 is 5.78 Å². The van der Waals surface area contributed by atoms with E-state index in [2.05, 4.69) is 77.6 Å². The van der Waals surface area contributed by atoms with E-state index in [9.17, 15) is 4.79 Å². The van der Waals surface area contributed by atoms with E-state index in [-0.39, 0.29) is 5.78 Å². The van der Waals surface area contributed by atoms with Crippen LogP contribution in [0.5, 0.6) is 0 Å². The van der Waals surface area contributed by atoms with Crippen LogP contribution in [-0.2, 0) is 10.2 Å². The number of aryl methyl sites for hydroxylation is 1. The van der Waals surface area contributed by atoms with Gasteiger partial charge in [0.25, 0.3) is 0 Å². The topological polar surface area (TPSA) is 17.1 Å². The Bertz CT molecular complexity index is 666. The highest BCUT2D eigenvalue weighted by atomic mass is 16.1. The van der Waals surface area contributed by atoms with E-state index in [0.29, 0.717) is 17.8 Å². The van der Waals surface area contributed by atoms with Crippen molar-refractivity contribution in [2.24, 2.45) is 23.7 Å². The Kier molecular flexibility index (Phi) is 8.28. The summed E-state index contributed by atoms with van der Waals surface area (Å²) in [7, 11) is 0. The molecule has 28 heavy (non-hydrogen) atoms. The molecule has 1 heteroatoms. The lowest BCUT2D eigenvalue weighted by Gasteiger charge is -2.37. The molecule has 4 atom stereocenters. The van der Waals surface area contributed by atoms with Crippen LogP contribution in [-0.4, -0.2) is 5.78 Å². The molecule has 0 spiro atoms. The van der Waals surface area contributed by atoms with E-state index in [1.54, 1.807) is 0 Å². The first-order valence-corrected chi connectivity index (χ1v) is 11.3. The van der Waals surface area contributed by atoms with Crippen molar-refractivity contribution in [3.8, 4) is 0 Å². The number of allylic oxidation sites excluding steroid dienone is 3. The third-order valence-corrected chi connectivity index (χ3v) is 6.82. The fraction of sp³-hybridized carbons (Fsp3) is 0.593. The maximum absolute atomic E-state index is 13.2. The van der Waals surface area contributed by atoms with Gasteiger partial charge in [-0.1, -0.05) is 95.5 Å². The fourth-order valence-corrected chi connectivity index (χ4v) is 4.95. The normalized spacial score (nSPS) is 25.0. The Morgan fingerprint density at radius 1 is 1.25 bits per heavy atom. The number of rotatable bonds is 9. The maximum Gasteiger partial charge on any atom is 0.169 e. The molecule has 0 amide bonds. The van der Waals surface area contributed by atoms with Gasteiger partial charge in [0.15, 0.2) is 5.78 Å². The van der Waals surface area contributed by atoms with Crippen LogP contribution in [0, 0.1) is 30.6 Å². The van der Waals surface area contributed by atoms with Crippen LogP contribution in [0.1, 0.15) is 77.3 Å². The highest BCUT2D eigenvalue weighted by Crippen LogP contribution is 2.41. The summed E-state index contributed by atoms with van der Waals surface area (Å²) in [5, 5.41) is 0. The van der Waals surface area contributed by atoms with Crippen molar-refractivity contribution in [1.82, 2.24) is 0 Å². The quantitative estimate of drug-likeness (QED) is 0.321. The van der Waals surface area contributed by atoms with Crippen molar-refractivity contribution in [3.63, 3.8) is 0 Å². The minimum absolute atomic E-state index is 0.131. The molecule has 0 aromatic heterocycles. The molecule has 0 saturated heterocycles. The second kappa shape index (κ2) is 10.2. The zero-order valence-corrected chi connectivity index (χ0v) is 18.7. The Balaban J connectivity index is 2.47. The maximum atomic E-state index is 13.2. The van der Waals surface area contributed by atoms with Gasteiger partial charge in [-0.15, -0.1) is 0 Å². The SMILES string of the molecule is C=CC(=O)[C@](/C=C/[C@@H]1C[C@H](C)CC[C@H]1C(C)C)(CCCC)c1ccc(C)cc1. The molecule has 2 rings (SSSR count). The molecule has 154 valence electrons. The van der Waals surface area contributed by atoms with Crippen LogP contribution in [0.2, 0.25) is 0 Å². The molecule has 1 saturated carbocycles. The molecule has 1 aliphatic carbocycles. The van der Waals surface area contributed by atoms with Crippen molar-refractivity contribution in [1.29, 1.82) is 0 Å². The van der Waals surface area contributed by atoms with Gasteiger partial charge in [-0.25, -0.2) is 0 Å². The Labute approximate surface area is 173 Å². The lowest BCUT2D eigenvalue weighted by Crippen LogP contribution is -2.34. The predicted octanol–water partition coefficient (Wildman–Crippen LogP) is 7.44. The molecule has 1 aliphatic rings. The van der Waals surface area contributed by atoms with Gasteiger partial charge < -0.3 is 0 Å². The van der Waals surface area contributed by atoms with Gasteiger partial charge >= 0.3 is 0 Å².